The number of halogens is 2. The van der Waals surface area contributed by atoms with Crippen LogP contribution in [0.5, 0.6) is 11.9 Å². The number of pyridine rings is 1. The summed E-state index contributed by atoms with van der Waals surface area (Å²) in [5, 5.41) is 29.4. The molecular formula is C38H44ClFN8O4. The van der Waals surface area contributed by atoms with Crippen molar-refractivity contribution in [3.05, 3.63) is 28.7 Å². The van der Waals surface area contributed by atoms with Crippen molar-refractivity contribution in [2.75, 3.05) is 51.5 Å². The van der Waals surface area contributed by atoms with Crippen LogP contribution in [0.3, 0.4) is 0 Å². The molecule has 52 heavy (non-hydrogen) atoms. The Morgan fingerprint density at radius 3 is 2.79 bits per heavy atom. The fourth-order valence-corrected chi connectivity index (χ4v) is 9.90. The minimum Gasteiger partial charge on any atom is -0.480 e. The van der Waals surface area contributed by atoms with Crippen LogP contribution in [-0.2, 0) is 4.74 Å². The van der Waals surface area contributed by atoms with Crippen molar-refractivity contribution >= 4 is 39.2 Å². The van der Waals surface area contributed by atoms with Crippen LogP contribution < -0.4 is 14.4 Å². The zero-order valence-electron chi connectivity index (χ0n) is 29.6. The van der Waals surface area contributed by atoms with E-state index >= 15 is 4.39 Å². The summed E-state index contributed by atoms with van der Waals surface area (Å²) in [5.74, 6) is 0.224. The van der Waals surface area contributed by atoms with Gasteiger partial charge in [-0.2, -0.15) is 20.3 Å². The lowest BCUT2D eigenvalue weighted by Gasteiger charge is -2.52. The molecular weight excluding hydrogens is 687 g/mol. The van der Waals surface area contributed by atoms with Crippen molar-refractivity contribution in [3.63, 3.8) is 0 Å². The van der Waals surface area contributed by atoms with E-state index in [0.717, 1.165) is 69.9 Å². The van der Waals surface area contributed by atoms with Crippen LogP contribution in [0.2, 0.25) is 5.02 Å². The molecule has 0 spiro atoms. The molecule has 0 bridgehead atoms. The number of β-amino-alcohol motifs (C(OH)–C–C–N with tert-alkyl or cyclic N) is 1. The number of benzene rings is 1. The molecule has 5 aliphatic rings. The lowest BCUT2D eigenvalue weighted by molar-refractivity contribution is -0.0472. The number of fused-ring (bicyclic) bond motifs is 3. The van der Waals surface area contributed by atoms with Gasteiger partial charge in [0.25, 0.3) is 0 Å². The maximum Gasteiger partial charge on any atom is 0.319 e. The van der Waals surface area contributed by atoms with Crippen molar-refractivity contribution in [2.45, 2.75) is 88.3 Å². The maximum atomic E-state index is 17.5. The number of methoxy groups -OCH3 is 1. The van der Waals surface area contributed by atoms with E-state index in [2.05, 4.69) is 21.2 Å². The number of nitrogens with one attached hydrogen (secondary N) is 1. The zero-order valence-corrected chi connectivity index (χ0v) is 30.4. The molecule has 3 saturated carbocycles. The van der Waals surface area contributed by atoms with E-state index in [-0.39, 0.29) is 53.5 Å². The van der Waals surface area contributed by atoms with Gasteiger partial charge in [0.05, 0.1) is 51.3 Å². The Labute approximate surface area is 306 Å². The van der Waals surface area contributed by atoms with E-state index in [1.54, 1.807) is 13.1 Å². The predicted molar refractivity (Wildman–Crippen MR) is 193 cm³/mol. The van der Waals surface area contributed by atoms with Gasteiger partial charge in [-0.3, -0.25) is 10.00 Å². The number of hydrogen-bond acceptors (Lipinski definition) is 11. The second-order valence-corrected chi connectivity index (χ2v) is 16.3. The molecule has 4 aromatic rings. The Bertz CT molecular complexity index is 2080. The molecule has 3 aliphatic carbocycles. The van der Waals surface area contributed by atoms with Crippen LogP contribution in [0.1, 0.15) is 76.2 Å². The summed E-state index contributed by atoms with van der Waals surface area (Å²) in [6, 6.07) is 5.15. The van der Waals surface area contributed by atoms with E-state index in [4.69, 9.17) is 40.8 Å². The monoisotopic (exact) mass is 730 g/mol. The molecule has 14 heteroatoms. The molecule has 2 aliphatic heterocycles. The van der Waals surface area contributed by atoms with Gasteiger partial charge in [0.15, 0.2) is 5.82 Å². The van der Waals surface area contributed by atoms with Crippen molar-refractivity contribution in [3.8, 4) is 29.2 Å². The quantitative estimate of drug-likeness (QED) is 0.215. The van der Waals surface area contributed by atoms with Gasteiger partial charge in [-0.05, 0) is 82.4 Å². The van der Waals surface area contributed by atoms with Gasteiger partial charge in [0.1, 0.15) is 28.0 Å². The summed E-state index contributed by atoms with van der Waals surface area (Å²) in [4.78, 5) is 19.1. The first-order valence-corrected chi connectivity index (χ1v) is 19.0. The Morgan fingerprint density at radius 2 is 2.00 bits per heavy atom. The normalized spacial score (nSPS) is 29.5. The number of nitriles is 1. The molecule has 0 amide bonds. The molecule has 1 aromatic carbocycles. The number of aromatic nitrogens is 5. The number of H-pyrrole nitrogens is 1. The van der Waals surface area contributed by atoms with Crippen molar-refractivity contribution in [1.82, 2.24) is 30.0 Å². The number of rotatable bonds is 8. The largest absolute Gasteiger partial charge is 0.480 e. The van der Waals surface area contributed by atoms with E-state index in [9.17, 15) is 10.4 Å². The fourth-order valence-electron chi connectivity index (χ4n) is 9.54. The smallest absolute Gasteiger partial charge is 0.319 e. The number of aromatic amines is 1. The minimum absolute atomic E-state index is 0.0211. The molecule has 3 atom stereocenters. The Hall–Kier alpha value is -3.83. The van der Waals surface area contributed by atoms with Crippen molar-refractivity contribution in [1.29, 1.82) is 5.26 Å². The number of hydrogen-bond donors (Lipinski definition) is 2. The average Bonchev–Trinajstić information content (AvgIpc) is 3.73. The summed E-state index contributed by atoms with van der Waals surface area (Å²) < 4.78 is 35.7. The van der Waals surface area contributed by atoms with E-state index in [0.29, 0.717) is 64.5 Å². The molecule has 12 nitrogen and oxygen atoms in total. The molecule has 5 heterocycles. The van der Waals surface area contributed by atoms with Crippen LogP contribution in [0.15, 0.2) is 12.3 Å². The average molecular weight is 731 g/mol. The topological polar surface area (TPSA) is 146 Å². The Morgan fingerprint density at radius 1 is 1.17 bits per heavy atom. The third-order valence-electron chi connectivity index (χ3n) is 12.2. The summed E-state index contributed by atoms with van der Waals surface area (Å²) in [6.07, 6.45) is 10.8. The van der Waals surface area contributed by atoms with Gasteiger partial charge in [0.2, 0.25) is 5.88 Å². The molecule has 2 N–H and O–H groups in total. The van der Waals surface area contributed by atoms with Crippen LogP contribution in [0.25, 0.3) is 33.1 Å². The van der Waals surface area contributed by atoms with Crippen LogP contribution in [0.4, 0.5) is 10.2 Å². The number of ether oxygens (including phenoxy) is 3. The van der Waals surface area contributed by atoms with Crippen LogP contribution in [0, 0.1) is 28.5 Å². The van der Waals surface area contributed by atoms with E-state index in [1.165, 1.54) is 7.11 Å². The molecule has 0 unspecified atom stereocenters. The summed E-state index contributed by atoms with van der Waals surface area (Å²) in [7, 11) is 1.50. The number of piperidine rings is 1. The second kappa shape index (κ2) is 12.9. The van der Waals surface area contributed by atoms with Gasteiger partial charge < -0.3 is 24.2 Å². The van der Waals surface area contributed by atoms with Crippen molar-refractivity contribution in [2.24, 2.45) is 11.3 Å². The van der Waals surface area contributed by atoms with Crippen LogP contribution in [-0.4, -0.2) is 99.4 Å². The maximum absolute atomic E-state index is 17.5. The third kappa shape index (κ3) is 5.73. The molecule has 274 valence electrons. The first kappa shape index (κ1) is 34.0. The van der Waals surface area contributed by atoms with Gasteiger partial charge in [-0.25, -0.2) is 9.37 Å². The summed E-state index contributed by atoms with van der Waals surface area (Å²) in [6.45, 7) is 4.24. The highest BCUT2D eigenvalue weighted by Gasteiger charge is 2.52. The third-order valence-corrected chi connectivity index (χ3v) is 12.5. The summed E-state index contributed by atoms with van der Waals surface area (Å²) in [5.41, 5.74) is 0.935. The van der Waals surface area contributed by atoms with Gasteiger partial charge in [-0.15, -0.1) is 0 Å². The number of anilines is 1. The molecule has 2 saturated heterocycles. The molecule has 0 radical (unpaired) electrons. The lowest BCUT2D eigenvalue weighted by Crippen LogP contribution is -2.58. The molecule has 9 rings (SSSR count). The van der Waals surface area contributed by atoms with Crippen molar-refractivity contribution < 1.29 is 23.7 Å². The van der Waals surface area contributed by atoms with Crippen LogP contribution >= 0.6 is 11.6 Å². The first-order chi connectivity index (χ1) is 25.2. The summed E-state index contributed by atoms with van der Waals surface area (Å²) >= 11 is 6.87. The highest BCUT2D eigenvalue weighted by atomic mass is 35.5. The predicted octanol–water partition coefficient (Wildman–Crippen LogP) is 6.15. The van der Waals surface area contributed by atoms with Gasteiger partial charge in [-0.1, -0.05) is 18.0 Å². The Kier molecular flexibility index (Phi) is 8.45. The molecule has 5 fully saturated rings. The highest BCUT2D eigenvalue weighted by Crippen LogP contribution is 2.52. The second-order valence-electron chi connectivity index (χ2n) is 15.9. The highest BCUT2D eigenvalue weighted by molar-refractivity contribution is 6.33. The SMILES string of the molecule is COc1nc(-c2c(C3CC3)c(Cl)cc3[nH]ncc23)c(F)c2nc(OC[C@]34CCC[C@H]3N(C3CC(C#N)C3)CCC4)nc(N3CCOC[C@@](C)(O)C3)c12. The lowest BCUT2D eigenvalue weighted by atomic mass is 9.72. The first-order valence-electron chi connectivity index (χ1n) is 18.6. The van der Waals surface area contributed by atoms with Gasteiger partial charge in [0, 0.05) is 45.9 Å². The number of likely N-dealkylation sites (tertiary alicyclic amines) is 1. The number of aliphatic hydroxyl groups is 1. The minimum atomic E-state index is -1.19. The standard InChI is InChI=1S/C38H44ClFN8O4/c1-37(49)18-47(11-12-51-19-37)34-30-33(31(40)32(43-35(30)50-2)29-24-17-42-46-26(24)15-25(39)28(29)22-6-7-22)44-36(45-34)52-20-38-8-3-5-27(38)48(10-4-9-38)23-13-21(14-23)16-41/h15,17,21-23,27,49H,3-14,18-20H2,1-2H3,(H,42,46)/t21?,23?,27-,37+,38-/m1/s1. The zero-order chi connectivity index (χ0) is 35.8. The van der Waals surface area contributed by atoms with Gasteiger partial charge >= 0.3 is 6.01 Å². The Balaban J connectivity index is 1.17. The van der Waals surface area contributed by atoms with E-state index in [1.807, 2.05) is 11.0 Å². The molecule has 3 aromatic heterocycles. The van der Waals surface area contributed by atoms with E-state index < -0.39 is 11.4 Å². The fraction of sp³-hybridized carbons (Fsp3) is 0.605. The number of nitrogens with zero attached hydrogens (tertiary/aromatic N) is 7.